The first-order chi connectivity index (χ1) is 9.45. The first-order valence-electron chi connectivity index (χ1n) is 5.74. The highest BCUT2D eigenvalue weighted by Gasteiger charge is 2.14. The molecule has 0 saturated heterocycles. The van der Waals surface area contributed by atoms with Crippen LogP contribution in [-0.4, -0.2) is 6.61 Å². The molecule has 0 aromatic heterocycles. The van der Waals surface area contributed by atoms with E-state index in [9.17, 15) is 13.2 Å². The molecule has 0 aliphatic carbocycles. The molecule has 0 heterocycles. The van der Waals surface area contributed by atoms with E-state index in [4.69, 9.17) is 10.5 Å². The molecule has 0 aliphatic heterocycles. The second-order valence-electron chi connectivity index (χ2n) is 4.11. The Balaban J connectivity index is 2.28. The Morgan fingerprint density at radius 3 is 2.30 bits per heavy atom. The molecule has 0 atom stereocenters. The van der Waals surface area contributed by atoms with Crippen LogP contribution in [0.3, 0.4) is 0 Å². The molecular weight excluding hydrogens is 271 g/mol. The highest BCUT2D eigenvalue weighted by Crippen LogP contribution is 2.34. The van der Waals surface area contributed by atoms with Gasteiger partial charge in [-0.05, 0) is 19.1 Å². The molecule has 2 aromatic carbocycles. The van der Waals surface area contributed by atoms with Crippen molar-refractivity contribution in [3.63, 3.8) is 0 Å². The normalized spacial score (nSPS) is 10.7. The molecule has 20 heavy (non-hydrogen) atoms. The summed E-state index contributed by atoms with van der Waals surface area (Å²) >= 11 is 0. The van der Waals surface area contributed by atoms with E-state index in [2.05, 4.69) is 4.74 Å². The fourth-order valence-corrected chi connectivity index (χ4v) is 1.56. The van der Waals surface area contributed by atoms with E-state index in [1.54, 1.807) is 12.1 Å². The zero-order valence-electron chi connectivity index (χ0n) is 10.6. The monoisotopic (exact) mass is 283 g/mol. The SMILES string of the molecule is Cc1ccc(Oc2cc(OC(F)F)c(F)cc2N)cc1. The van der Waals surface area contributed by atoms with Gasteiger partial charge >= 0.3 is 6.61 Å². The first kappa shape index (κ1) is 14.0. The van der Waals surface area contributed by atoms with Crippen molar-refractivity contribution < 1.29 is 22.6 Å². The van der Waals surface area contributed by atoms with Crippen molar-refractivity contribution in [1.82, 2.24) is 0 Å². The topological polar surface area (TPSA) is 44.5 Å². The fourth-order valence-electron chi connectivity index (χ4n) is 1.56. The number of nitrogen functional groups attached to an aromatic ring is 1. The molecule has 0 radical (unpaired) electrons. The minimum atomic E-state index is -3.12. The molecule has 0 amide bonds. The van der Waals surface area contributed by atoms with Gasteiger partial charge in [0.1, 0.15) is 5.75 Å². The number of halogens is 3. The van der Waals surface area contributed by atoms with Crippen LogP contribution in [0.1, 0.15) is 5.56 Å². The van der Waals surface area contributed by atoms with Gasteiger partial charge in [0.05, 0.1) is 5.69 Å². The number of aryl methyl sites for hydroxylation is 1. The van der Waals surface area contributed by atoms with E-state index in [0.717, 1.165) is 17.7 Å². The molecule has 3 nitrogen and oxygen atoms in total. The minimum absolute atomic E-state index is 0.00955. The van der Waals surface area contributed by atoms with Crippen molar-refractivity contribution in [2.75, 3.05) is 5.73 Å². The van der Waals surface area contributed by atoms with Gasteiger partial charge in [0.15, 0.2) is 17.3 Å². The Bertz CT molecular complexity index is 600. The van der Waals surface area contributed by atoms with E-state index in [0.29, 0.717) is 5.75 Å². The van der Waals surface area contributed by atoms with Crippen molar-refractivity contribution in [3.05, 3.63) is 47.8 Å². The lowest BCUT2D eigenvalue weighted by molar-refractivity contribution is -0.0522. The fraction of sp³-hybridized carbons (Fsp3) is 0.143. The van der Waals surface area contributed by atoms with Crippen LogP contribution in [0, 0.1) is 12.7 Å². The number of benzene rings is 2. The van der Waals surface area contributed by atoms with E-state index in [1.165, 1.54) is 0 Å². The second-order valence-corrected chi connectivity index (χ2v) is 4.11. The van der Waals surface area contributed by atoms with Crippen LogP contribution < -0.4 is 15.2 Å². The molecule has 2 aromatic rings. The van der Waals surface area contributed by atoms with Gasteiger partial charge in [-0.25, -0.2) is 4.39 Å². The zero-order chi connectivity index (χ0) is 14.7. The van der Waals surface area contributed by atoms with Gasteiger partial charge in [0.25, 0.3) is 0 Å². The summed E-state index contributed by atoms with van der Waals surface area (Å²) in [5.74, 6) is -1.09. The molecule has 2 rings (SSSR count). The summed E-state index contributed by atoms with van der Waals surface area (Å²) in [6.07, 6.45) is 0. The van der Waals surface area contributed by atoms with Gasteiger partial charge in [-0.1, -0.05) is 17.7 Å². The van der Waals surface area contributed by atoms with Crippen molar-refractivity contribution >= 4 is 5.69 Å². The molecule has 0 unspecified atom stereocenters. The standard InChI is InChI=1S/C14H12F3NO2/c1-8-2-4-9(5-3-8)19-13-7-12(20-14(16)17)10(15)6-11(13)18/h2-7,14H,18H2,1H3. The van der Waals surface area contributed by atoms with Gasteiger partial charge in [0.2, 0.25) is 0 Å². The van der Waals surface area contributed by atoms with Gasteiger partial charge in [-0.2, -0.15) is 8.78 Å². The second kappa shape index (κ2) is 5.73. The molecule has 2 N–H and O–H groups in total. The summed E-state index contributed by atoms with van der Waals surface area (Å²) in [6, 6.07) is 8.87. The van der Waals surface area contributed by atoms with Crippen LogP contribution in [0.25, 0.3) is 0 Å². The maximum atomic E-state index is 13.4. The Hall–Kier alpha value is -2.37. The molecule has 0 spiro atoms. The Morgan fingerprint density at radius 1 is 1.05 bits per heavy atom. The van der Waals surface area contributed by atoms with Gasteiger partial charge < -0.3 is 15.2 Å². The Labute approximate surface area is 113 Å². The number of anilines is 1. The maximum Gasteiger partial charge on any atom is 0.387 e. The van der Waals surface area contributed by atoms with Crippen LogP contribution in [0.2, 0.25) is 0 Å². The van der Waals surface area contributed by atoms with E-state index >= 15 is 0 Å². The summed E-state index contributed by atoms with van der Waals surface area (Å²) < 4.78 is 47.2. The zero-order valence-corrected chi connectivity index (χ0v) is 10.6. The Morgan fingerprint density at radius 2 is 1.70 bits per heavy atom. The lowest BCUT2D eigenvalue weighted by atomic mass is 10.2. The third-order valence-electron chi connectivity index (χ3n) is 2.53. The number of rotatable bonds is 4. The molecule has 6 heteroatoms. The lowest BCUT2D eigenvalue weighted by Gasteiger charge is -2.12. The third kappa shape index (κ3) is 3.34. The summed E-state index contributed by atoms with van der Waals surface area (Å²) in [4.78, 5) is 0. The molecular formula is C14H12F3NO2. The number of nitrogens with two attached hydrogens (primary N) is 1. The van der Waals surface area contributed by atoms with Crippen LogP contribution in [-0.2, 0) is 0 Å². The average Bonchev–Trinajstić information content (AvgIpc) is 2.37. The number of alkyl halides is 2. The summed E-state index contributed by atoms with van der Waals surface area (Å²) in [5, 5.41) is 0. The first-order valence-corrected chi connectivity index (χ1v) is 5.74. The number of ether oxygens (including phenoxy) is 2. The van der Waals surface area contributed by atoms with E-state index in [1.807, 2.05) is 19.1 Å². The third-order valence-corrected chi connectivity index (χ3v) is 2.53. The largest absolute Gasteiger partial charge is 0.455 e. The molecule has 0 fully saturated rings. The summed E-state index contributed by atoms with van der Waals surface area (Å²) in [5.41, 5.74) is 6.61. The number of hydrogen-bond donors (Lipinski definition) is 1. The van der Waals surface area contributed by atoms with Crippen LogP contribution in [0.4, 0.5) is 18.9 Å². The number of hydrogen-bond acceptors (Lipinski definition) is 3. The quantitative estimate of drug-likeness (QED) is 0.859. The van der Waals surface area contributed by atoms with Gasteiger partial charge in [-0.15, -0.1) is 0 Å². The predicted octanol–water partition coefficient (Wildman–Crippen LogP) is 4.11. The summed E-state index contributed by atoms with van der Waals surface area (Å²) in [7, 11) is 0. The minimum Gasteiger partial charge on any atom is -0.455 e. The van der Waals surface area contributed by atoms with E-state index < -0.39 is 18.2 Å². The Kier molecular flexibility index (Phi) is 4.02. The predicted molar refractivity (Wildman–Crippen MR) is 68.7 cm³/mol. The van der Waals surface area contributed by atoms with Crippen molar-refractivity contribution in [3.8, 4) is 17.2 Å². The van der Waals surface area contributed by atoms with Gasteiger partial charge in [-0.3, -0.25) is 0 Å². The lowest BCUT2D eigenvalue weighted by Crippen LogP contribution is -2.05. The van der Waals surface area contributed by atoms with Crippen molar-refractivity contribution in [2.24, 2.45) is 0 Å². The van der Waals surface area contributed by atoms with Crippen molar-refractivity contribution in [1.29, 1.82) is 0 Å². The molecule has 0 aliphatic rings. The average molecular weight is 283 g/mol. The highest BCUT2D eigenvalue weighted by molar-refractivity contribution is 5.57. The van der Waals surface area contributed by atoms with Crippen LogP contribution >= 0.6 is 0 Å². The molecule has 0 bridgehead atoms. The van der Waals surface area contributed by atoms with Crippen LogP contribution in [0.5, 0.6) is 17.2 Å². The van der Waals surface area contributed by atoms with Gasteiger partial charge in [0, 0.05) is 12.1 Å². The van der Waals surface area contributed by atoms with Crippen LogP contribution in [0.15, 0.2) is 36.4 Å². The molecule has 0 saturated carbocycles. The van der Waals surface area contributed by atoms with Crippen molar-refractivity contribution in [2.45, 2.75) is 13.5 Å². The molecule has 106 valence electrons. The van der Waals surface area contributed by atoms with E-state index in [-0.39, 0.29) is 11.4 Å². The smallest absolute Gasteiger partial charge is 0.387 e. The summed E-state index contributed by atoms with van der Waals surface area (Å²) in [6.45, 7) is -1.22. The maximum absolute atomic E-state index is 13.4. The highest BCUT2D eigenvalue weighted by atomic mass is 19.3.